The van der Waals surface area contributed by atoms with Gasteiger partial charge in [0.05, 0.1) is 13.2 Å². The van der Waals surface area contributed by atoms with Gasteiger partial charge in [-0.15, -0.1) is 0 Å². The fourth-order valence-electron chi connectivity index (χ4n) is 9.73. The first kappa shape index (κ1) is 76.5. The van der Waals surface area contributed by atoms with Crippen molar-refractivity contribution in [2.45, 2.75) is 328 Å². The minimum absolute atomic E-state index is 0.0400. The van der Waals surface area contributed by atoms with E-state index in [1.807, 2.05) is 12.2 Å². The lowest BCUT2D eigenvalue weighted by molar-refractivity contribution is -0.161. The molecule has 0 amide bonds. The molecule has 0 radical (unpaired) electrons. The van der Waals surface area contributed by atoms with Gasteiger partial charge in [0.2, 0.25) is 0 Å². The normalized spacial score (nSPS) is 13.4. The van der Waals surface area contributed by atoms with Crippen LogP contribution < -0.4 is 5.73 Å². The number of nitrogens with two attached hydrogens (primary N) is 1. The van der Waals surface area contributed by atoms with E-state index in [1.165, 1.54) is 231 Å². The van der Waals surface area contributed by atoms with Crippen LogP contribution >= 0.6 is 7.82 Å². The van der Waals surface area contributed by atoms with Crippen molar-refractivity contribution in [2.24, 2.45) is 5.73 Å². The zero-order chi connectivity index (χ0) is 57.3. The summed E-state index contributed by atoms with van der Waals surface area (Å²) in [6.45, 7) is 3.58. The minimum atomic E-state index is -4.41. The number of carbonyl (C=O) groups excluding carboxylic acids is 2. The topological polar surface area (TPSA) is 134 Å². The molecule has 0 spiro atoms. The molecule has 460 valence electrons. The quantitative estimate of drug-likeness (QED) is 0.0264. The summed E-state index contributed by atoms with van der Waals surface area (Å²) in [7, 11) is -4.41. The summed E-state index contributed by atoms with van der Waals surface area (Å²) in [6.07, 6.45) is 84.7. The second kappa shape index (κ2) is 64.6. The van der Waals surface area contributed by atoms with Crippen LogP contribution in [0.1, 0.15) is 322 Å². The average Bonchev–Trinajstić information content (AvgIpc) is 3.44. The van der Waals surface area contributed by atoms with Crippen molar-refractivity contribution in [3.63, 3.8) is 0 Å². The zero-order valence-corrected chi connectivity index (χ0v) is 52.5. The summed E-state index contributed by atoms with van der Waals surface area (Å²) in [6, 6.07) is 0. The van der Waals surface area contributed by atoms with E-state index in [4.69, 9.17) is 24.3 Å². The fraction of sp³-hybridized carbons (Fsp3) is 0.797. The molecule has 0 heterocycles. The van der Waals surface area contributed by atoms with E-state index in [1.54, 1.807) is 0 Å². The lowest BCUT2D eigenvalue weighted by Gasteiger charge is -2.19. The summed E-state index contributed by atoms with van der Waals surface area (Å²) in [5, 5.41) is 0. The third-order valence-electron chi connectivity index (χ3n) is 14.6. The lowest BCUT2D eigenvalue weighted by atomic mass is 10.0. The molecule has 0 aliphatic rings. The van der Waals surface area contributed by atoms with Gasteiger partial charge in [-0.3, -0.25) is 18.6 Å². The van der Waals surface area contributed by atoms with Gasteiger partial charge < -0.3 is 20.1 Å². The van der Waals surface area contributed by atoms with Gasteiger partial charge in [-0.2, -0.15) is 0 Å². The predicted octanol–water partition coefficient (Wildman–Crippen LogP) is 21.6. The monoisotopic (exact) mass is 1130 g/mol. The Bertz CT molecular complexity index is 1520. The fourth-order valence-corrected chi connectivity index (χ4v) is 10.5. The van der Waals surface area contributed by atoms with Crippen LogP contribution in [-0.2, 0) is 32.7 Å². The van der Waals surface area contributed by atoms with Crippen molar-refractivity contribution in [3.05, 3.63) is 72.9 Å². The van der Waals surface area contributed by atoms with Crippen molar-refractivity contribution in [1.82, 2.24) is 0 Å². The minimum Gasteiger partial charge on any atom is -0.462 e. The van der Waals surface area contributed by atoms with Gasteiger partial charge >= 0.3 is 19.8 Å². The highest BCUT2D eigenvalue weighted by Crippen LogP contribution is 2.43. The number of unbranched alkanes of at least 4 members (excludes halogenated alkanes) is 38. The molecule has 0 aromatic carbocycles. The van der Waals surface area contributed by atoms with E-state index >= 15 is 0 Å². The molecule has 0 fully saturated rings. The first-order chi connectivity index (χ1) is 38.8. The van der Waals surface area contributed by atoms with Crippen LogP contribution in [0.5, 0.6) is 0 Å². The molecule has 2 unspecified atom stereocenters. The molecule has 0 aliphatic carbocycles. The van der Waals surface area contributed by atoms with Crippen LogP contribution in [-0.4, -0.2) is 49.3 Å². The number of allylic oxidation sites excluding steroid dienone is 12. The summed E-state index contributed by atoms with van der Waals surface area (Å²) in [4.78, 5) is 35.2. The van der Waals surface area contributed by atoms with Gasteiger partial charge in [0.15, 0.2) is 6.10 Å². The Kier molecular flexibility index (Phi) is 62.5. The Morgan fingerprint density at radius 2 is 0.696 bits per heavy atom. The van der Waals surface area contributed by atoms with Crippen molar-refractivity contribution in [3.8, 4) is 0 Å². The van der Waals surface area contributed by atoms with E-state index in [0.29, 0.717) is 6.42 Å². The number of phosphoric acid groups is 1. The Balaban J connectivity index is 3.80. The molecule has 3 N–H and O–H groups in total. The van der Waals surface area contributed by atoms with Gasteiger partial charge in [-0.1, -0.05) is 331 Å². The molecule has 0 bridgehead atoms. The maximum atomic E-state index is 12.7. The Morgan fingerprint density at radius 1 is 0.392 bits per heavy atom. The van der Waals surface area contributed by atoms with E-state index < -0.39 is 32.5 Å². The van der Waals surface area contributed by atoms with E-state index in [9.17, 15) is 19.0 Å². The second-order valence-electron chi connectivity index (χ2n) is 22.3. The molecule has 79 heavy (non-hydrogen) atoms. The molecule has 0 aromatic heterocycles. The maximum absolute atomic E-state index is 12.7. The number of esters is 2. The largest absolute Gasteiger partial charge is 0.472 e. The van der Waals surface area contributed by atoms with E-state index in [2.05, 4.69) is 74.6 Å². The Labute approximate surface area is 488 Å². The first-order valence-electron chi connectivity index (χ1n) is 33.4. The molecule has 0 aliphatic heterocycles. The molecule has 0 aromatic rings. The van der Waals surface area contributed by atoms with Crippen LogP contribution in [0, 0.1) is 0 Å². The number of carbonyl (C=O) groups is 2. The van der Waals surface area contributed by atoms with Crippen LogP contribution in [0.3, 0.4) is 0 Å². The highest BCUT2D eigenvalue weighted by molar-refractivity contribution is 7.47. The smallest absolute Gasteiger partial charge is 0.462 e. The summed E-state index contributed by atoms with van der Waals surface area (Å²) in [5.41, 5.74) is 5.38. The average molecular weight is 1130 g/mol. The predicted molar refractivity (Wildman–Crippen MR) is 339 cm³/mol. The van der Waals surface area contributed by atoms with Crippen LogP contribution in [0.4, 0.5) is 0 Å². The third kappa shape index (κ3) is 64.5. The molecular weight excluding hydrogens is 1000 g/mol. The number of hydrogen-bond acceptors (Lipinski definition) is 8. The van der Waals surface area contributed by atoms with Crippen molar-refractivity contribution < 1.29 is 37.6 Å². The number of ether oxygens (including phenoxy) is 2. The third-order valence-corrected chi connectivity index (χ3v) is 15.6. The molecule has 9 nitrogen and oxygen atoms in total. The van der Waals surface area contributed by atoms with Crippen LogP contribution in [0.15, 0.2) is 72.9 Å². The van der Waals surface area contributed by atoms with Gasteiger partial charge in [-0.05, 0) is 51.4 Å². The zero-order valence-electron chi connectivity index (χ0n) is 51.6. The van der Waals surface area contributed by atoms with Gasteiger partial charge in [0, 0.05) is 19.4 Å². The summed E-state index contributed by atoms with van der Waals surface area (Å²) in [5.74, 6) is -0.918. The van der Waals surface area contributed by atoms with Crippen molar-refractivity contribution in [1.29, 1.82) is 0 Å². The van der Waals surface area contributed by atoms with Crippen LogP contribution in [0.2, 0.25) is 0 Å². The molecule has 0 saturated carbocycles. The van der Waals surface area contributed by atoms with Crippen LogP contribution in [0.25, 0.3) is 0 Å². The molecule has 0 rings (SSSR count). The standard InChI is InChI=1S/C69H126NO8P/c1-3-5-7-9-11-13-15-17-19-21-23-24-25-26-27-28-29-30-31-32-33-34-35-36-37-38-39-40-41-42-44-45-47-49-51-53-55-57-59-61-68(71)75-65-67(66-77-79(73,74)76-64-63-70)78-69(72)62-60-58-56-54-52-50-48-46-43-22-20-18-16-14-12-10-8-6-4-2/h6,8,12,14,18,20,43,46,50,52,56,58,67H,3-5,7,9-11,13,15-17,19,21-42,44-45,47-49,51,53-55,57,59-66,70H2,1-2H3,(H,73,74)/b8-6-,14-12-,20-18-,46-43-,52-50-,58-56-. The van der Waals surface area contributed by atoms with Gasteiger partial charge in [-0.25, -0.2) is 4.57 Å². The molecular formula is C69H126NO8P. The van der Waals surface area contributed by atoms with E-state index in [0.717, 1.165) is 57.8 Å². The molecule has 10 heteroatoms. The Morgan fingerprint density at radius 3 is 1.01 bits per heavy atom. The van der Waals surface area contributed by atoms with Gasteiger partial charge in [0.25, 0.3) is 0 Å². The highest BCUT2D eigenvalue weighted by atomic mass is 31.2. The van der Waals surface area contributed by atoms with Crippen molar-refractivity contribution in [2.75, 3.05) is 26.4 Å². The van der Waals surface area contributed by atoms with E-state index in [-0.39, 0.29) is 32.6 Å². The van der Waals surface area contributed by atoms with Crippen molar-refractivity contribution >= 4 is 19.8 Å². The van der Waals surface area contributed by atoms with Gasteiger partial charge in [0.1, 0.15) is 6.61 Å². The Hall–Kier alpha value is -2.55. The number of phosphoric ester groups is 1. The summed E-state index contributed by atoms with van der Waals surface area (Å²) < 4.78 is 33.0. The maximum Gasteiger partial charge on any atom is 0.472 e. The number of rotatable bonds is 63. The molecule has 0 saturated heterocycles. The lowest BCUT2D eigenvalue weighted by Crippen LogP contribution is -2.29. The first-order valence-corrected chi connectivity index (χ1v) is 34.9. The summed E-state index contributed by atoms with van der Waals surface area (Å²) >= 11 is 0. The highest BCUT2D eigenvalue weighted by Gasteiger charge is 2.26. The molecule has 2 atom stereocenters. The number of hydrogen-bond donors (Lipinski definition) is 2. The second-order valence-corrected chi connectivity index (χ2v) is 23.8. The SMILES string of the molecule is CC/C=C\C/C=C\C/C=C\C/C=C\C/C=C\C/C=C\CCC(=O)OC(COC(=O)CCCCCCCCCCCCCCCCCCCCCCCCCCCCCCCCCCCCCCCCC)COP(=O)(O)OCCN.